The maximum Gasteiger partial charge on any atom is 0.256 e. The van der Waals surface area contributed by atoms with E-state index in [0.29, 0.717) is 39.6 Å². The van der Waals surface area contributed by atoms with Gasteiger partial charge < -0.3 is 25.3 Å². The van der Waals surface area contributed by atoms with Crippen LogP contribution in [-0.2, 0) is 11.8 Å². The number of rotatable bonds is 8. The fourth-order valence-corrected chi connectivity index (χ4v) is 4.92. The Morgan fingerprint density at radius 2 is 2.03 bits per heavy atom. The van der Waals surface area contributed by atoms with Gasteiger partial charge in [0.25, 0.3) is 5.88 Å². The lowest BCUT2D eigenvalue weighted by atomic mass is 10.1. The molecule has 0 aromatic carbocycles. The summed E-state index contributed by atoms with van der Waals surface area (Å²) in [6.07, 6.45) is 7.51. The highest BCUT2D eigenvalue weighted by Gasteiger charge is 2.28. The van der Waals surface area contributed by atoms with E-state index in [1.165, 1.54) is 0 Å². The van der Waals surface area contributed by atoms with Crippen molar-refractivity contribution in [1.29, 1.82) is 0 Å². The first-order chi connectivity index (χ1) is 18.4. The van der Waals surface area contributed by atoms with Crippen LogP contribution >= 0.6 is 11.6 Å². The van der Waals surface area contributed by atoms with Crippen molar-refractivity contribution in [1.82, 2.24) is 39.5 Å². The summed E-state index contributed by atoms with van der Waals surface area (Å²) in [6.45, 7) is 5.65. The number of piperazine rings is 1. The molecule has 1 fully saturated rings. The van der Waals surface area contributed by atoms with E-state index >= 15 is 0 Å². The third-order valence-corrected chi connectivity index (χ3v) is 7.02. The van der Waals surface area contributed by atoms with Gasteiger partial charge in [0.1, 0.15) is 5.69 Å². The van der Waals surface area contributed by atoms with Crippen LogP contribution in [0.5, 0.6) is 5.88 Å². The lowest BCUT2D eigenvalue weighted by molar-refractivity contribution is -0.122. The predicted molar refractivity (Wildman–Crippen MR) is 147 cm³/mol. The smallest absolute Gasteiger partial charge is 0.256 e. The average Bonchev–Trinajstić information content (AvgIpc) is 3.50. The molecule has 1 amide bonds. The van der Waals surface area contributed by atoms with Crippen LogP contribution in [0.25, 0.3) is 22.2 Å². The molecule has 12 nitrogen and oxygen atoms in total. The van der Waals surface area contributed by atoms with E-state index in [2.05, 4.69) is 52.5 Å². The molecule has 38 heavy (non-hydrogen) atoms. The third kappa shape index (κ3) is 5.15. The number of H-pyrrole nitrogens is 1. The van der Waals surface area contributed by atoms with Gasteiger partial charge in [-0.1, -0.05) is 18.5 Å². The molecular weight excluding hydrogens is 508 g/mol. The third-order valence-electron chi connectivity index (χ3n) is 6.75. The molecule has 13 heteroatoms. The molecule has 0 bridgehead atoms. The predicted octanol–water partition coefficient (Wildman–Crippen LogP) is 3.12. The topological polar surface area (TPSA) is 129 Å². The van der Waals surface area contributed by atoms with Crippen LogP contribution in [0.4, 0.5) is 17.5 Å². The first kappa shape index (κ1) is 25.9. The maximum atomic E-state index is 13.3. The molecular formula is C25H31ClN10O2. The Bertz CT molecular complexity index is 1440. The van der Waals surface area contributed by atoms with Crippen molar-refractivity contribution in [3.63, 3.8) is 0 Å². The Hall–Kier alpha value is -3.74. The lowest BCUT2D eigenvalue weighted by Gasteiger charge is -2.36. The molecule has 0 aliphatic carbocycles. The molecule has 1 saturated heterocycles. The van der Waals surface area contributed by atoms with Gasteiger partial charge in [-0.2, -0.15) is 0 Å². The van der Waals surface area contributed by atoms with Crippen molar-refractivity contribution < 1.29 is 9.53 Å². The fourth-order valence-electron chi connectivity index (χ4n) is 4.73. The van der Waals surface area contributed by atoms with Gasteiger partial charge in [-0.3, -0.25) is 14.4 Å². The van der Waals surface area contributed by atoms with Crippen LogP contribution in [0.15, 0.2) is 30.9 Å². The van der Waals surface area contributed by atoms with Gasteiger partial charge in [0.05, 0.1) is 41.8 Å². The molecule has 3 N–H and O–H groups in total. The number of nitrogens with one attached hydrogen (secondary N) is 3. The number of fused-ring (bicyclic) bond motifs is 1. The lowest BCUT2D eigenvalue weighted by Crippen LogP contribution is -2.52. The van der Waals surface area contributed by atoms with Crippen LogP contribution in [0, 0.1) is 0 Å². The fraction of sp³-hybridized carbons (Fsp3) is 0.400. The summed E-state index contributed by atoms with van der Waals surface area (Å²) in [4.78, 5) is 34.5. The Balaban J connectivity index is 1.41. The second-order valence-electron chi connectivity index (χ2n) is 9.28. The summed E-state index contributed by atoms with van der Waals surface area (Å²) >= 11 is 6.53. The van der Waals surface area contributed by atoms with Gasteiger partial charge in [0.15, 0.2) is 5.82 Å². The van der Waals surface area contributed by atoms with Crippen molar-refractivity contribution >= 4 is 45.9 Å². The number of aryl methyl sites for hydroxylation is 1. The first-order valence-electron chi connectivity index (χ1n) is 12.4. The van der Waals surface area contributed by atoms with Crippen molar-refractivity contribution in [2.45, 2.75) is 19.4 Å². The van der Waals surface area contributed by atoms with E-state index in [1.54, 1.807) is 37.4 Å². The molecule has 4 aromatic rings. The second-order valence-corrected chi connectivity index (χ2v) is 9.69. The Kier molecular flexibility index (Phi) is 7.45. The Morgan fingerprint density at radius 3 is 2.76 bits per heavy atom. The maximum absolute atomic E-state index is 13.3. The van der Waals surface area contributed by atoms with Gasteiger partial charge >= 0.3 is 0 Å². The van der Waals surface area contributed by atoms with Crippen molar-refractivity contribution in [3.05, 3.63) is 35.9 Å². The van der Waals surface area contributed by atoms with E-state index in [9.17, 15) is 4.79 Å². The van der Waals surface area contributed by atoms with E-state index in [0.717, 1.165) is 43.5 Å². The number of aromatic amines is 1. The number of likely N-dealkylation sites (N-methyl/N-ethyl adjacent to an activating group) is 1. The minimum absolute atomic E-state index is 0.0647. The normalized spacial score (nSPS) is 15.5. The summed E-state index contributed by atoms with van der Waals surface area (Å²) in [5.74, 6) is 1.17. The number of amides is 1. The van der Waals surface area contributed by atoms with Gasteiger partial charge in [-0.05, 0) is 19.5 Å². The van der Waals surface area contributed by atoms with E-state index < -0.39 is 0 Å². The molecule has 1 atom stereocenters. The van der Waals surface area contributed by atoms with Crippen LogP contribution in [0.1, 0.15) is 13.3 Å². The van der Waals surface area contributed by atoms with Gasteiger partial charge in [-0.15, -0.1) is 5.10 Å². The van der Waals surface area contributed by atoms with E-state index in [-0.39, 0.29) is 11.9 Å². The highest BCUT2D eigenvalue weighted by atomic mass is 35.5. The number of ether oxygens (including phenoxy) is 1. The first-order valence-corrected chi connectivity index (χ1v) is 12.8. The Labute approximate surface area is 225 Å². The number of anilines is 3. The largest absolute Gasteiger partial charge is 0.478 e. The van der Waals surface area contributed by atoms with Crippen LogP contribution in [0.3, 0.4) is 0 Å². The van der Waals surface area contributed by atoms with Crippen LogP contribution in [0.2, 0.25) is 5.02 Å². The minimum Gasteiger partial charge on any atom is -0.478 e. The molecule has 0 radical (unpaired) electrons. The highest BCUT2D eigenvalue weighted by Crippen LogP contribution is 2.35. The molecule has 1 unspecified atom stereocenters. The zero-order valence-corrected chi connectivity index (χ0v) is 22.6. The molecule has 1 aliphatic rings. The van der Waals surface area contributed by atoms with Crippen molar-refractivity contribution in [3.8, 4) is 17.1 Å². The summed E-state index contributed by atoms with van der Waals surface area (Å²) in [6, 6.07) is 1.65. The number of aromatic nitrogens is 6. The number of pyridine rings is 1. The number of carbonyl (C=O) groups excluding carboxylic acids is 1. The van der Waals surface area contributed by atoms with Crippen LogP contribution < -0.4 is 15.4 Å². The zero-order chi connectivity index (χ0) is 26.8. The minimum atomic E-state index is -0.218. The summed E-state index contributed by atoms with van der Waals surface area (Å²) in [5.41, 5.74) is 2.62. The average molecular weight is 539 g/mol. The molecule has 4 aromatic heterocycles. The zero-order valence-electron chi connectivity index (χ0n) is 21.8. The number of nitrogens with zero attached hydrogens (tertiary/aromatic N) is 7. The Morgan fingerprint density at radius 1 is 1.24 bits per heavy atom. The standard InChI is InChI=1S/C25H31ClN10O2/c1-5-19(36-10-8-34(2)9-11-36)23(37)32-22-21-15(6-7-27-22)16(12-28-21)20-17(26)13-29-25(31-20)30-18-14-35(3)33-24(18)38-4/h6-7,12-14,19,28H,5,8-11H2,1-4H3,(H,27,32,37)(H,29,30,31). The molecule has 0 saturated carbocycles. The van der Waals surface area contributed by atoms with Gasteiger partial charge in [0, 0.05) is 56.6 Å². The van der Waals surface area contributed by atoms with Crippen molar-refractivity contribution in [2.75, 3.05) is 51.0 Å². The van der Waals surface area contributed by atoms with Crippen LogP contribution in [-0.4, -0.2) is 91.8 Å². The summed E-state index contributed by atoms with van der Waals surface area (Å²) in [5, 5.41) is 11.6. The van der Waals surface area contributed by atoms with E-state index in [4.69, 9.17) is 16.3 Å². The quantitative estimate of drug-likeness (QED) is 0.310. The summed E-state index contributed by atoms with van der Waals surface area (Å²) < 4.78 is 6.94. The molecule has 1 aliphatic heterocycles. The monoisotopic (exact) mass is 538 g/mol. The SMILES string of the molecule is CCC(C(=O)Nc1nccc2c(-c3nc(Nc4cn(C)nc4OC)ncc3Cl)c[nH]c12)N1CCN(C)CC1. The second kappa shape index (κ2) is 10.9. The molecule has 5 heterocycles. The van der Waals surface area contributed by atoms with Crippen molar-refractivity contribution in [2.24, 2.45) is 7.05 Å². The van der Waals surface area contributed by atoms with E-state index in [1.807, 2.05) is 19.2 Å². The summed E-state index contributed by atoms with van der Waals surface area (Å²) in [7, 11) is 5.45. The number of hydrogen-bond acceptors (Lipinski definition) is 9. The van der Waals surface area contributed by atoms with Gasteiger partial charge in [0.2, 0.25) is 11.9 Å². The number of carbonyl (C=O) groups is 1. The highest BCUT2D eigenvalue weighted by molar-refractivity contribution is 6.33. The molecule has 5 rings (SSSR count). The number of hydrogen-bond donors (Lipinski definition) is 3. The molecule has 0 spiro atoms. The number of methoxy groups -OCH3 is 1. The molecule has 200 valence electrons. The number of halogens is 1. The van der Waals surface area contributed by atoms with Gasteiger partial charge in [-0.25, -0.2) is 15.0 Å².